The number of rotatable bonds is 5. The van der Waals surface area contributed by atoms with Gasteiger partial charge >= 0.3 is 0 Å². The Bertz CT molecular complexity index is 611. The second kappa shape index (κ2) is 6.74. The molecular formula is C16H19N3O2. The lowest BCUT2D eigenvalue weighted by Gasteiger charge is -2.16. The molecule has 1 aromatic carbocycles. The molecule has 110 valence electrons. The molecule has 0 bridgehead atoms. The zero-order valence-electron chi connectivity index (χ0n) is 12.4. The number of aromatic nitrogens is 1. The molecule has 1 amide bonds. The number of methoxy groups -OCH3 is 1. The number of anilines is 1. The minimum atomic E-state index is -0.134. The Labute approximate surface area is 124 Å². The lowest BCUT2D eigenvalue weighted by molar-refractivity contribution is 0.0940. The number of carbonyl (C=O) groups is 1. The first kappa shape index (κ1) is 14.8. The molecule has 21 heavy (non-hydrogen) atoms. The van der Waals surface area contributed by atoms with Crippen LogP contribution < -0.4 is 15.4 Å². The Hall–Kier alpha value is -2.56. The zero-order chi connectivity index (χ0) is 15.2. The first-order valence-electron chi connectivity index (χ1n) is 6.72. The van der Waals surface area contributed by atoms with Crippen LogP contribution in [0.25, 0.3) is 0 Å². The summed E-state index contributed by atoms with van der Waals surface area (Å²) in [4.78, 5) is 16.3. The summed E-state index contributed by atoms with van der Waals surface area (Å²) in [7, 11) is 3.39. The molecule has 5 nitrogen and oxygen atoms in total. The Morgan fingerprint density at radius 1 is 1.24 bits per heavy atom. The van der Waals surface area contributed by atoms with Gasteiger partial charge in [-0.1, -0.05) is 12.1 Å². The van der Waals surface area contributed by atoms with E-state index in [0.717, 1.165) is 11.3 Å². The minimum absolute atomic E-state index is 0.0960. The molecule has 1 aromatic heterocycles. The zero-order valence-corrected chi connectivity index (χ0v) is 12.4. The van der Waals surface area contributed by atoms with Crippen LogP contribution in [0.5, 0.6) is 5.75 Å². The van der Waals surface area contributed by atoms with Crippen molar-refractivity contribution in [3.63, 3.8) is 0 Å². The van der Waals surface area contributed by atoms with E-state index in [1.54, 1.807) is 32.6 Å². The quantitative estimate of drug-likeness (QED) is 0.886. The summed E-state index contributed by atoms with van der Waals surface area (Å²) in [6.45, 7) is 1.94. The summed E-state index contributed by atoms with van der Waals surface area (Å²) in [5, 5.41) is 5.94. The molecule has 5 heteroatoms. The number of pyridine rings is 1. The van der Waals surface area contributed by atoms with E-state index < -0.39 is 0 Å². The average molecular weight is 285 g/mol. The number of ether oxygens (including phenoxy) is 1. The van der Waals surface area contributed by atoms with Crippen LogP contribution >= 0.6 is 0 Å². The van der Waals surface area contributed by atoms with Gasteiger partial charge in [0.15, 0.2) is 0 Å². The van der Waals surface area contributed by atoms with Crippen LogP contribution in [0.15, 0.2) is 42.7 Å². The van der Waals surface area contributed by atoms with Gasteiger partial charge in [-0.3, -0.25) is 9.78 Å². The third-order valence-electron chi connectivity index (χ3n) is 3.30. The SMILES string of the molecule is CNc1cnccc1C(=O)NC(C)c1ccc(OC)cc1. The molecule has 0 spiro atoms. The number of hydrogen-bond acceptors (Lipinski definition) is 4. The predicted molar refractivity (Wildman–Crippen MR) is 82.7 cm³/mol. The van der Waals surface area contributed by atoms with Crippen LogP contribution in [0.3, 0.4) is 0 Å². The van der Waals surface area contributed by atoms with Gasteiger partial charge in [-0.25, -0.2) is 0 Å². The largest absolute Gasteiger partial charge is 0.497 e. The maximum Gasteiger partial charge on any atom is 0.253 e. The lowest BCUT2D eigenvalue weighted by atomic mass is 10.1. The third kappa shape index (κ3) is 3.51. The molecule has 0 aliphatic rings. The number of carbonyl (C=O) groups excluding carboxylic acids is 1. The molecule has 0 saturated carbocycles. The average Bonchev–Trinajstić information content (AvgIpc) is 2.54. The van der Waals surface area contributed by atoms with E-state index >= 15 is 0 Å². The smallest absolute Gasteiger partial charge is 0.253 e. The number of nitrogens with zero attached hydrogens (tertiary/aromatic N) is 1. The minimum Gasteiger partial charge on any atom is -0.497 e. The molecule has 0 fully saturated rings. The Balaban J connectivity index is 2.11. The molecule has 0 aliphatic carbocycles. The summed E-state index contributed by atoms with van der Waals surface area (Å²) in [6, 6.07) is 9.24. The van der Waals surface area contributed by atoms with Crippen LogP contribution in [0.4, 0.5) is 5.69 Å². The van der Waals surface area contributed by atoms with Crippen molar-refractivity contribution in [2.45, 2.75) is 13.0 Å². The molecule has 0 radical (unpaired) electrons. The first-order valence-corrected chi connectivity index (χ1v) is 6.72. The van der Waals surface area contributed by atoms with Crippen molar-refractivity contribution >= 4 is 11.6 Å². The van der Waals surface area contributed by atoms with Crippen molar-refractivity contribution in [3.8, 4) is 5.75 Å². The highest BCUT2D eigenvalue weighted by Crippen LogP contribution is 2.19. The number of nitrogens with one attached hydrogen (secondary N) is 2. The second-order valence-corrected chi connectivity index (χ2v) is 4.64. The maximum atomic E-state index is 12.3. The van der Waals surface area contributed by atoms with Crippen LogP contribution in [-0.4, -0.2) is 25.0 Å². The van der Waals surface area contributed by atoms with Gasteiger partial charge in [0, 0.05) is 13.2 Å². The van der Waals surface area contributed by atoms with Crippen molar-refractivity contribution in [1.82, 2.24) is 10.3 Å². The summed E-state index contributed by atoms with van der Waals surface area (Å²) in [6.07, 6.45) is 3.24. The standard InChI is InChI=1S/C16H19N3O2/c1-11(12-4-6-13(21-3)7-5-12)19-16(20)14-8-9-18-10-15(14)17-2/h4-11,17H,1-3H3,(H,19,20). The molecule has 1 atom stereocenters. The Morgan fingerprint density at radius 2 is 1.95 bits per heavy atom. The maximum absolute atomic E-state index is 12.3. The van der Waals surface area contributed by atoms with Crippen LogP contribution in [0.2, 0.25) is 0 Å². The van der Waals surface area contributed by atoms with Gasteiger partial charge in [0.1, 0.15) is 5.75 Å². The Morgan fingerprint density at radius 3 is 2.57 bits per heavy atom. The van der Waals surface area contributed by atoms with E-state index in [0.29, 0.717) is 11.3 Å². The van der Waals surface area contributed by atoms with E-state index in [1.807, 2.05) is 31.2 Å². The van der Waals surface area contributed by atoms with Gasteiger partial charge in [0.2, 0.25) is 0 Å². The van der Waals surface area contributed by atoms with Gasteiger partial charge in [0.25, 0.3) is 5.91 Å². The van der Waals surface area contributed by atoms with Gasteiger partial charge in [-0.15, -0.1) is 0 Å². The first-order chi connectivity index (χ1) is 10.2. The third-order valence-corrected chi connectivity index (χ3v) is 3.30. The summed E-state index contributed by atoms with van der Waals surface area (Å²) in [5.41, 5.74) is 2.30. The highest BCUT2D eigenvalue weighted by Gasteiger charge is 2.14. The van der Waals surface area contributed by atoms with Crippen LogP contribution in [0, 0.1) is 0 Å². The van der Waals surface area contributed by atoms with Crippen molar-refractivity contribution in [2.75, 3.05) is 19.5 Å². The number of hydrogen-bond donors (Lipinski definition) is 2. The topological polar surface area (TPSA) is 63.2 Å². The van der Waals surface area contributed by atoms with Crippen molar-refractivity contribution < 1.29 is 9.53 Å². The molecule has 1 unspecified atom stereocenters. The van der Waals surface area contributed by atoms with Crippen molar-refractivity contribution in [3.05, 3.63) is 53.9 Å². The molecule has 0 aliphatic heterocycles. The molecule has 0 saturated heterocycles. The monoisotopic (exact) mass is 285 g/mol. The number of benzene rings is 1. The summed E-state index contributed by atoms with van der Waals surface area (Å²) < 4.78 is 5.13. The second-order valence-electron chi connectivity index (χ2n) is 4.64. The summed E-state index contributed by atoms with van der Waals surface area (Å²) >= 11 is 0. The summed E-state index contributed by atoms with van der Waals surface area (Å²) in [5.74, 6) is 0.661. The van der Waals surface area contributed by atoms with E-state index in [9.17, 15) is 4.79 Å². The fourth-order valence-electron chi connectivity index (χ4n) is 2.04. The molecule has 2 N–H and O–H groups in total. The van der Waals surface area contributed by atoms with E-state index in [2.05, 4.69) is 15.6 Å². The van der Waals surface area contributed by atoms with Gasteiger partial charge in [0.05, 0.1) is 30.6 Å². The highest BCUT2D eigenvalue weighted by molar-refractivity contribution is 5.99. The lowest BCUT2D eigenvalue weighted by Crippen LogP contribution is -2.27. The van der Waals surface area contributed by atoms with Crippen LogP contribution in [-0.2, 0) is 0 Å². The van der Waals surface area contributed by atoms with E-state index in [1.165, 1.54) is 0 Å². The molecular weight excluding hydrogens is 266 g/mol. The predicted octanol–water partition coefficient (Wildman–Crippen LogP) is 2.62. The molecule has 1 heterocycles. The molecule has 2 aromatic rings. The van der Waals surface area contributed by atoms with Gasteiger partial charge in [-0.2, -0.15) is 0 Å². The van der Waals surface area contributed by atoms with Crippen molar-refractivity contribution in [2.24, 2.45) is 0 Å². The van der Waals surface area contributed by atoms with Gasteiger partial charge < -0.3 is 15.4 Å². The van der Waals surface area contributed by atoms with E-state index in [-0.39, 0.29) is 11.9 Å². The fourth-order valence-corrected chi connectivity index (χ4v) is 2.04. The Kier molecular flexibility index (Phi) is 4.77. The molecule has 2 rings (SSSR count). The highest BCUT2D eigenvalue weighted by atomic mass is 16.5. The fraction of sp³-hybridized carbons (Fsp3) is 0.250. The van der Waals surface area contributed by atoms with Crippen LogP contribution in [0.1, 0.15) is 28.9 Å². The number of amides is 1. The van der Waals surface area contributed by atoms with Gasteiger partial charge in [-0.05, 0) is 30.7 Å². The van der Waals surface area contributed by atoms with Crippen molar-refractivity contribution in [1.29, 1.82) is 0 Å². The van der Waals surface area contributed by atoms with E-state index in [4.69, 9.17) is 4.74 Å². The normalized spacial score (nSPS) is 11.6.